The number of amides is 1. The van der Waals surface area contributed by atoms with Crippen molar-refractivity contribution < 1.29 is 9.53 Å². The summed E-state index contributed by atoms with van der Waals surface area (Å²) in [4.78, 5) is 14.4. The fraction of sp³-hybridized carbons (Fsp3) is 0.222. The maximum absolute atomic E-state index is 12.2. The van der Waals surface area contributed by atoms with Crippen LogP contribution in [0, 0.1) is 13.8 Å². The van der Waals surface area contributed by atoms with E-state index in [9.17, 15) is 4.79 Å². The van der Waals surface area contributed by atoms with Gasteiger partial charge in [-0.15, -0.1) is 11.3 Å². The number of aromatic nitrogens is 2. The van der Waals surface area contributed by atoms with Crippen LogP contribution in [0.4, 0.5) is 0 Å². The molecule has 5 nitrogen and oxygen atoms in total. The van der Waals surface area contributed by atoms with Gasteiger partial charge < -0.3 is 10.1 Å². The van der Waals surface area contributed by atoms with Crippen LogP contribution in [0.5, 0.6) is 5.75 Å². The van der Waals surface area contributed by atoms with Crippen LogP contribution in [0.15, 0.2) is 42.6 Å². The van der Waals surface area contributed by atoms with Gasteiger partial charge in [-0.3, -0.25) is 4.79 Å². The van der Waals surface area contributed by atoms with Gasteiger partial charge >= 0.3 is 0 Å². The molecule has 3 rings (SSSR count). The van der Waals surface area contributed by atoms with Crippen molar-refractivity contribution in [1.29, 1.82) is 0 Å². The Bertz CT molecular complexity index is 850. The Hall–Kier alpha value is -2.60. The number of rotatable bonds is 5. The third kappa shape index (κ3) is 3.49. The molecule has 124 valence electrons. The lowest BCUT2D eigenvalue weighted by Crippen LogP contribution is -2.23. The number of carbonyl (C=O) groups excluding carboxylic acids is 1. The predicted octanol–water partition coefficient (Wildman–Crippen LogP) is 3.49. The van der Waals surface area contributed by atoms with Gasteiger partial charge in [0.25, 0.3) is 5.91 Å². The van der Waals surface area contributed by atoms with Gasteiger partial charge in [-0.2, -0.15) is 5.10 Å². The molecule has 1 amide bonds. The van der Waals surface area contributed by atoms with E-state index in [-0.39, 0.29) is 5.91 Å². The third-order valence-corrected chi connectivity index (χ3v) is 4.66. The lowest BCUT2D eigenvalue weighted by Gasteiger charge is -2.04. The zero-order valence-electron chi connectivity index (χ0n) is 13.9. The summed E-state index contributed by atoms with van der Waals surface area (Å²) in [5.74, 6) is 0.746. The first-order chi connectivity index (χ1) is 11.6. The third-order valence-electron chi connectivity index (χ3n) is 3.70. The summed E-state index contributed by atoms with van der Waals surface area (Å²) in [6.45, 7) is 4.37. The van der Waals surface area contributed by atoms with E-state index >= 15 is 0 Å². The predicted molar refractivity (Wildman–Crippen MR) is 95.1 cm³/mol. The molecular formula is C18H19N3O2S. The maximum Gasteiger partial charge on any atom is 0.252 e. The smallest absolute Gasteiger partial charge is 0.252 e. The highest BCUT2D eigenvalue weighted by molar-refractivity contribution is 7.12. The van der Waals surface area contributed by atoms with Crippen LogP contribution in [0.1, 0.15) is 25.8 Å². The summed E-state index contributed by atoms with van der Waals surface area (Å²) < 4.78 is 6.93. The monoisotopic (exact) mass is 341 g/mol. The Morgan fingerprint density at radius 2 is 2.00 bits per heavy atom. The molecule has 24 heavy (non-hydrogen) atoms. The van der Waals surface area contributed by atoms with Gasteiger partial charge in [-0.25, -0.2) is 4.68 Å². The highest BCUT2D eigenvalue weighted by Crippen LogP contribution is 2.20. The molecule has 0 saturated heterocycles. The topological polar surface area (TPSA) is 56.1 Å². The molecule has 0 aliphatic heterocycles. The number of nitrogens with zero attached hydrogens (tertiary/aromatic N) is 2. The van der Waals surface area contributed by atoms with E-state index < -0.39 is 0 Å². The molecule has 1 aromatic carbocycles. The van der Waals surface area contributed by atoms with Crippen molar-refractivity contribution in [2.24, 2.45) is 0 Å². The van der Waals surface area contributed by atoms with E-state index in [2.05, 4.69) is 10.4 Å². The van der Waals surface area contributed by atoms with Crippen LogP contribution in [0.25, 0.3) is 5.69 Å². The van der Waals surface area contributed by atoms with Crippen molar-refractivity contribution in [3.05, 3.63) is 63.6 Å². The van der Waals surface area contributed by atoms with Crippen LogP contribution in [-0.4, -0.2) is 22.8 Å². The van der Waals surface area contributed by atoms with Crippen molar-refractivity contribution >= 4 is 17.2 Å². The largest absolute Gasteiger partial charge is 0.497 e. The number of methoxy groups -OCH3 is 1. The van der Waals surface area contributed by atoms with E-state index in [1.54, 1.807) is 23.1 Å². The molecule has 0 radical (unpaired) electrons. The molecule has 0 unspecified atom stereocenters. The van der Waals surface area contributed by atoms with E-state index in [4.69, 9.17) is 4.74 Å². The van der Waals surface area contributed by atoms with Crippen LogP contribution in [0.3, 0.4) is 0 Å². The second-order valence-corrected chi connectivity index (χ2v) is 6.92. The number of nitrogens with one attached hydrogen (secondary N) is 1. The normalized spacial score (nSPS) is 10.6. The Balaban J connectivity index is 1.65. The first-order valence-electron chi connectivity index (χ1n) is 7.61. The second kappa shape index (κ2) is 6.88. The zero-order chi connectivity index (χ0) is 17.1. The summed E-state index contributed by atoms with van der Waals surface area (Å²) >= 11 is 1.63. The lowest BCUT2D eigenvalue weighted by atomic mass is 10.2. The molecule has 0 spiro atoms. The van der Waals surface area contributed by atoms with E-state index in [0.717, 1.165) is 32.4 Å². The van der Waals surface area contributed by atoms with Crippen molar-refractivity contribution in [2.45, 2.75) is 20.4 Å². The van der Waals surface area contributed by atoms with Crippen molar-refractivity contribution in [3.63, 3.8) is 0 Å². The number of thiophene rings is 1. The van der Waals surface area contributed by atoms with Gasteiger partial charge in [0.1, 0.15) is 5.75 Å². The Kier molecular flexibility index (Phi) is 4.66. The average molecular weight is 341 g/mol. The zero-order valence-corrected chi connectivity index (χ0v) is 14.7. The minimum Gasteiger partial charge on any atom is -0.497 e. The Morgan fingerprint density at radius 1 is 1.25 bits per heavy atom. The van der Waals surface area contributed by atoms with Crippen molar-refractivity contribution in [2.75, 3.05) is 7.11 Å². The summed E-state index contributed by atoms with van der Waals surface area (Å²) in [7, 11) is 1.64. The van der Waals surface area contributed by atoms with Crippen LogP contribution in [-0.2, 0) is 6.54 Å². The van der Waals surface area contributed by atoms with Gasteiger partial charge in [-0.1, -0.05) is 0 Å². The number of ether oxygens (including phenoxy) is 1. The fourth-order valence-electron chi connectivity index (χ4n) is 2.46. The molecule has 1 N–H and O–H groups in total. The van der Waals surface area contributed by atoms with E-state index in [0.29, 0.717) is 6.54 Å². The number of hydrogen-bond donors (Lipinski definition) is 1. The van der Waals surface area contributed by atoms with E-state index in [1.807, 2.05) is 56.4 Å². The molecule has 6 heteroatoms. The second-order valence-electron chi connectivity index (χ2n) is 5.46. The number of aryl methyl sites for hydroxylation is 2. The number of carbonyl (C=O) groups is 1. The quantitative estimate of drug-likeness (QED) is 0.773. The van der Waals surface area contributed by atoms with Crippen molar-refractivity contribution in [3.8, 4) is 11.4 Å². The highest BCUT2D eigenvalue weighted by Gasteiger charge is 2.12. The first-order valence-corrected chi connectivity index (χ1v) is 8.42. The van der Waals surface area contributed by atoms with Gasteiger partial charge in [0.15, 0.2) is 0 Å². The summed E-state index contributed by atoms with van der Waals surface area (Å²) in [6.07, 6.45) is 1.88. The van der Waals surface area contributed by atoms with Gasteiger partial charge in [0, 0.05) is 16.0 Å². The van der Waals surface area contributed by atoms with Crippen LogP contribution >= 0.6 is 11.3 Å². The van der Waals surface area contributed by atoms with Gasteiger partial charge in [-0.05, 0) is 50.2 Å². The minimum atomic E-state index is -0.0594. The summed E-state index contributed by atoms with van der Waals surface area (Å²) in [5.41, 5.74) is 2.49. The molecule has 3 aromatic rings. The molecule has 0 fully saturated rings. The molecular weight excluding hydrogens is 322 g/mol. The summed E-state index contributed by atoms with van der Waals surface area (Å²) in [6, 6.07) is 11.5. The molecule has 0 saturated carbocycles. The molecule has 0 aliphatic rings. The summed E-state index contributed by atoms with van der Waals surface area (Å²) in [5, 5.41) is 7.42. The van der Waals surface area contributed by atoms with Crippen LogP contribution < -0.4 is 10.1 Å². The fourth-order valence-corrected chi connectivity index (χ4v) is 3.38. The maximum atomic E-state index is 12.2. The Labute approximate surface area is 144 Å². The molecule has 0 bridgehead atoms. The van der Waals surface area contributed by atoms with Gasteiger partial charge in [0.05, 0.1) is 30.6 Å². The molecule has 0 atom stereocenters. The molecule has 2 aromatic heterocycles. The number of hydrogen-bond acceptors (Lipinski definition) is 4. The van der Waals surface area contributed by atoms with Crippen LogP contribution in [0.2, 0.25) is 0 Å². The van der Waals surface area contributed by atoms with Crippen molar-refractivity contribution in [1.82, 2.24) is 15.1 Å². The molecule has 0 aliphatic carbocycles. The average Bonchev–Trinajstić information content (AvgIpc) is 3.19. The first kappa shape index (κ1) is 16.3. The van der Waals surface area contributed by atoms with Gasteiger partial charge in [0.2, 0.25) is 0 Å². The standard InChI is InChI=1S/C18H19N3O2S/c1-12-10-17(13(2)24-12)18(22)19-11-14-8-9-21(20-14)15-4-6-16(23-3)7-5-15/h4-10H,11H2,1-3H3,(H,19,22). The Morgan fingerprint density at radius 3 is 2.62 bits per heavy atom. The number of benzene rings is 1. The van der Waals surface area contributed by atoms with E-state index in [1.165, 1.54) is 0 Å². The minimum absolute atomic E-state index is 0.0594. The SMILES string of the molecule is COc1ccc(-n2ccc(CNC(=O)c3cc(C)sc3C)n2)cc1. The lowest BCUT2D eigenvalue weighted by molar-refractivity contribution is 0.0950. The molecule has 2 heterocycles. The highest BCUT2D eigenvalue weighted by atomic mass is 32.1.